The number of sulfonamides is 3. The van der Waals surface area contributed by atoms with Gasteiger partial charge < -0.3 is 53.4 Å². The van der Waals surface area contributed by atoms with E-state index in [9.17, 15) is 104 Å². The number of primary sulfonamides is 3. The number of aliphatic hydroxyl groups excluding tert-OH is 1. The van der Waals surface area contributed by atoms with Gasteiger partial charge in [-0.3, -0.25) is 57.3 Å². The molecule has 0 saturated carbocycles. The molecule has 107 heavy (non-hydrogen) atoms. The van der Waals surface area contributed by atoms with Crippen molar-refractivity contribution < 1.29 is 157 Å². The standard InChI is InChI=1S/C10H18F2N2O3S.C8H14O3S.C6H11ClO4S.C6H11IO2.C6H13NO4S.C6H12O5S.C6H10O4.C6H12O3.C5H11NO4S.2CH4/c1-8(6-18(13,16)17)5-9(15)14-4-2-3-10(11,12)7-14;1-6(4-8(10)11-3)5-12-7(2)9;1-5(3-6(8)11-2)4-12(7,9)10;1-5(4-7)3-6(8)9-2;1-5(3-6(8)11-2)4-12(7,9)10;1-5(3-6(7)11-2)4-12(8,9)10;1-4(6(8)9)3-5(7)10-2;1-5(4-7)3-6(8)9-2;1-4(2-5(7)8)3-11(6,9)10;;/h8H,2-7H2,1H3,(H2,13,16,17);6H,4-5H2,1-3H3;5H,3-4H2,1-2H3;5H,3-4H2,1-2H3;5H,3-4H2,1-2H3,(H2,7,9,10);5H,3-4H2,1-2H3,(H,8,9,10);4H,3H2,1-2H3,(H,8,9);5,7H,3-4H2,1-2H3;4H,2-3H2,1H3,(H,7,8)(H2,6,9,10);2*1H4/t8-;6-;4*5-;4-;5-;4-;;/m000000000../s1. The van der Waals surface area contributed by atoms with Crippen molar-refractivity contribution in [1.29, 1.82) is 0 Å². The highest BCUT2D eigenvalue weighted by Crippen LogP contribution is 2.27. The Hall–Kier alpha value is -4.85. The van der Waals surface area contributed by atoms with Gasteiger partial charge in [0, 0.05) is 92.3 Å². The van der Waals surface area contributed by atoms with Gasteiger partial charge in [-0.05, 0) is 53.8 Å². The summed E-state index contributed by atoms with van der Waals surface area (Å²) in [5.74, 6) is -10.3. The Morgan fingerprint density at radius 2 is 0.776 bits per heavy atom. The van der Waals surface area contributed by atoms with Gasteiger partial charge in [-0.25, -0.2) is 57.9 Å². The quantitative estimate of drug-likeness (QED) is 0.0113. The van der Waals surface area contributed by atoms with Crippen LogP contribution in [0.2, 0.25) is 0 Å². The Morgan fingerprint density at radius 3 is 1.05 bits per heavy atom. The van der Waals surface area contributed by atoms with Gasteiger partial charge in [0.25, 0.3) is 16.0 Å². The molecule has 36 nitrogen and oxygen atoms in total. The van der Waals surface area contributed by atoms with Crippen LogP contribution in [0.25, 0.3) is 0 Å². The number of carboxylic acid groups (broad SMARTS) is 2. The van der Waals surface area contributed by atoms with Crippen LogP contribution in [0.4, 0.5) is 8.78 Å². The number of piperidine rings is 1. The molecule has 1 aliphatic rings. The Balaban J connectivity index is -0.000000124. The zero-order valence-corrected chi connectivity index (χ0v) is 70.2. The van der Waals surface area contributed by atoms with Crippen LogP contribution in [0.3, 0.4) is 0 Å². The Kier molecular flexibility index (Phi) is 76.9. The SMILES string of the molecule is C.C.COC(=O)C[C@H](C)C(=O)O.COC(=O)C[C@H](C)CI.COC(=O)C[C@H](C)CO.COC(=O)C[C@H](C)CS(=O)(=O)Cl.COC(=O)C[C@H](C)CS(=O)(=O)O.COC(=O)C[C@H](C)CS(N)(=O)=O.COC(=O)C[C@H](C)CSC(C)=O.C[C@@H](CC(=O)N1CCCC(F)(F)C1)CS(N)(=O)=O.C[C@@H](CC(=O)O)CS(N)(=O)=O. The van der Waals surface area contributed by atoms with Crippen molar-refractivity contribution in [3.63, 3.8) is 0 Å². The summed E-state index contributed by atoms with van der Waals surface area (Å²) < 4.78 is 172. The second-order valence-electron chi connectivity index (χ2n) is 24.2. The Bertz CT molecular complexity index is 3010. The number of alkyl halides is 3. The molecule has 1 aliphatic heterocycles. The summed E-state index contributed by atoms with van der Waals surface area (Å²) in [6.07, 6.45) is 1.12. The number of carbonyl (C=O) groups is 11. The third kappa shape index (κ3) is 101. The van der Waals surface area contributed by atoms with Crippen molar-refractivity contribution >= 4 is 159 Å². The minimum absolute atomic E-state index is 0. The maximum Gasteiger partial charge on any atom is 0.306 e. The highest BCUT2D eigenvalue weighted by atomic mass is 127. The number of esters is 7. The summed E-state index contributed by atoms with van der Waals surface area (Å²) in [5, 5.41) is 39.5. The van der Waals surface area contributed by atoms with E-state index in [1.54, 1.807) is 34.6 Å². The number of hydrogen-bond donors (Lipinski definition) is 7. The lowest BCUT2D eigenvalue weighted by molar-refractivity contribution is -0.149. The van der Waals surface area contributed by atoms with Crippen molar-refractivity contribution in [3.05, 3.63) is 0 Å². The number of hydrogen-bond acceptors (Lipinski definition) is 30. The van der Waals surface area contributed by atoms with E-state index in [0.717, 1.165) is 9.33 Å². The summed E-state index contributed by atoms with van der Waals surface area (Å²) in [4.78, 5) is 118. The normalized spacial score (nSPS) is 14.5. The lowest BCUT2D eigenvalue weighted by atomic mass is 10.0. The van der Waals surface area contributed by atoms with Crippen LogP contribution in [-0.4, -0.2) is 246 Å². The molecule has 0 spiro atoms. The van der Waals surface area contributed by atoms with Crippen LogP contribution in [0.1, 0.15) is 155 Å². The van der Waals surface area contributed by atoms with Crippen molar-refractivity contribution in [2.75, 3.05) is 108 Å². The highest BCUT2D eigenvalue weighted by molar-refractivity contribution is 14.1. The average Bonchev–Trinajstić information content (AvgIpc) is 0.846. The summed E-state index contributed by atoms with van der Waals surface area (Å²) in [5.41, 5.74) is 0. The van der Waals surface area contributed by atoms with Crippen LogP contribution >= 0.6 is 45.0 Å². The minimum Gasteiger partial charge on any atom is -0.481 e. The van der Waals surface area contributed by atoms with E-state index in [1.165, 1.54) is 82.3 Å². The van der Waals surface area contributed by atoms with Crippen molar-refractivity contribution in [2.24, 2.45) is 68.7 Å². The minimum atomic E-state index is -3.98. The number of likely N-dealkylation sites (tertiary alicyclic amines) is 1. The van der Waals surface area contributed by atoms with E-state index < -0.39 is 133 Å². The molecule has 1 rings (SSSR count). The smallest absolute Gasteiger partial charge is 0.306 e. The average molecular weight is 1810 g/mol. The molecule has 1 fully saturated rings. The molecule has 0 bridgehead atoms. The summed E-state index contributed by atoms with van der Waals surface area (Å²) in [6, 6.07) is 0. The number of halogens is 4. The molecular formula is C61H120ClF2IN4O32S6. The first-order valence-electron chi connectivity index (χ1n) is 31.3. The Morgan fingerprint density at radius 1 is 0.486 bits per heavy atom. The number of thioether (sulfide) groups is 1. The molecule has 9 atom stereocenters. The molecule has 0 unspecified atom stereocenters. The number of amides is 1. The molecule has 1 saturated heterocycles. The first kappa shape index (κ1) is 123. The largest absolute Gasteiger partial charge is 0.481 e. The van der Waals surface area contributed by atoms with Gasteiger partial charge >= 0.3 is 53.7 Å². The Labute approximate surface area is 653 Å². The van der Waals surface area contributed by atoms with Crippen LogP contribution in [-0.2, 0) is 135 Å². The van der Waals surface area contributed by atoms with Gasteiger partial charge in [-0.2, -0.15) is 8.42 Å². The van der Waals surface area contributed by atoms with E-state index >= 15 is 0 Å². The van der Waals surface area contributed by atoms with Gasteiger partial charge in [-0.15, -0.1) is 0 Å². The summed E-state index contributed by atoms with van der Waals surface area (Å²) in [6.45, 7) is 16.4. The zero-order valence-electron chi connectivity index (χ0n) is 62.4. The monoisotopic (exact) mass is 1810 g/mol. The summed E-state index contributed by atoms with van der Waals surface area (Å²) >= 11 is 3.50. The fourth-order valence-electron chi connectivity index (χ4n) is 7.15. The van der Waals surface area contributed by atoms with E-state index in [-0.39, 0.29) is 143 Å². The molecule has 1 heterocycles. The van der Waals surface area contributed by atoms with E-state index in [2.05, 4.69) is 55.7 Å². The number of carbonyl (C=O) groups excluding carboxylic acids is 9. The van der Waals surface area contributed by atoms with Crippen molar-refractivity contribution in [3.8, 4) is 0 Å². The summed E-state index contributed by atoms with van der Waals surface area (Å²) in [7, 11) is -4.09. The molecule has 46 heteroatoms. The lowest BCUT2D eigenvalue weighted by Gasteiger charge is -2.33. The molecular weight excluding hydrogens is 1690 g/mol. The molecule has 0 radical (unpaired) electrons. The van der Waals surface area contributed by atoms with Gasteiger partial charge in [0.05, 0.1) is 104 Å². The number of ether oxygens (including phenoxy) is 7. The molecule has 640 valence electrons. The van der Waals surface area contributed by atoms with Crippen LogP contribution in [0.15, 0.2) is 0 Å². The van der Waals surface area contributed by atoms with E-state index in [0.29, 0.717) is 37.5 Å². The number of aliphatic carboxylic acids is 2. The van der Waals surface area contributed by atoms with Gasteiger partial charge in [-0.1, -0.05) is 112 Å². The van der Waals surface area contributed by atoms with Gasteiger partial charge in [0.1, 0.15) is 0 Å². The maximum atomic E-state index is 13.1. The van der Waals surface area contributed by atoms with E-state index in [1.807, 2.05) is 13.8 Å². The third-order valence-corrected chi connectivity index (χ3v) is 20.1. The first-order valence-corrected chi connectivity index (χ1v) is 43.0. The maximum absolute atomic E-state index is 13.1. The molecule has 0 aromatic rings. The van der Waals surface area contributed by atoms with Crippen LogP contribution in [0.5, 0.6) is 0 Å². The number of rotatable bonds is 33. The lowest BCUT2D eigenvalue weighted by Crippen LogP contribution is -2.46. The van der Waals surface area contributed by atoms with Crippen molar-refractivity contribution in [2.45, 2.75) is 161 Å². The highest BCUT2D eigenvalue weighted by Gasteiger charge is 2.37. The second-order valence-corrected chi connectivity index (χ2v) is 35.6. The van der Waals surface area contributed by atoms with Crippen LogP contribution < -0.4 is 15.4 Å². The first-order chi connectivity index (χ1) is 47.5. The van der Waals surface area contributed by atoms with Gasteiger partial charge in [0.2, 0.25) is 45.0 Å². The molecule has 0 aromatic carbocycles. The molecule has 0 aliphatic carbocycles. The number of aliphatic hydroxyl groups is 1. The zero-order chi connectivity index (χ0) is 84.6. The number of methoxy groups -OCH3 is 7. The van der Waals surface area contributed by atoms with Crippen LogP contribution in [0, 0.1) is 53.3 Å². The molecule has 0 aromatic heterocycles. The number of nitrogens with zero attached hydrogens (tertiary/aromatic N) is 1. The second kappa shape index (κ2) is 66.9. The fourth-order valence-corrected chi connectivity index (χ4v) is 13.1. The molecule has 10 N–H and O–H groups in total. The fraction of sp³-hybridized carbons (Fsp3) is 0.820. The van der Waals surface area contributed by atoms with Gasteiger partial charge in [0.15, 0.2) is 5.12 Å². The predicted octanol–water partition coefficient (Wildman–Crippen LogP) is 5.05. The topological polar surface area (TPSA) is 585 Å². The van der Waals surface area contributed by atoms with E-state index in [4.69, 9.17) is 46.0 Å². The predicted molar refractivity (Wildman–Crippen MR) is 407 cm³/mol. The third-order valence-electron chi connectivity index (χ3n) is 12.0. The molecule has 1 amide bonds. The number of carboxylic acids is 2. The van der Waals surface area contributed by atoms with Crippen molar-refractivity contribution in [1.82, 2.24) is 4.90 Å². The number of nitrogens with two attached hydrogens (primary N) is 3.